The van der Waals surface area contributed by atoms with Crippen molar-refractivity contribution < 1.29 is 0 Å². The monoisotopic (exact) mass is 1420 g/mol. The predicted molar refractivity (Wildman–Crippen MR) is 489 cm³/mol. The highest BCUT2D eigenvalue weighted by molar-refractivity contribution is 5.11. The number of aryl methyl sites for hydroxylation is 1. The lowest BCUT2D eigenvalue weighted by atomic mass is 9.81. The number of benzene rings is 1. The zero-order valence-electron chi connectivity index (χ0n) is 71.4. The molecule has 4 fully saturated rings. The molecule has 1 aromatic rings. The van der Waals surface area contributed by atoms with Gasteiger partial charge in [0, 0.05) is 51.9 Å². The van der Waals surface area contributed by atoms with Crippen molar-refractivity contribution in [3.05, 3.63) is 35.9 Å². The Hall–Kier alpha value is -2.90. The van der Waals surface area contributed by atoms with E-state index in [1.165, 1.54) is 97.7 Å². The van der Waals surface area contributed by atoms with Crippen LogP contribution in [-0.4, -0.2) is 47.1 Å². The van der Waals surface area contributed by atoms with Gasteiger partial charge in [-0.3, -0.25) is 9.80 Å². The molecule has 5 rings (SSSR count). The maximum absolute atomic E-state index is 7.32. The lowest BCUT2D eigenvalue weighted by molar-refractivity contribution is 0.0281. The fourth-order valence-electron chi connectivity index (χ4n) is 9.98. The van der Waals surface area contributed by atoms with Crippen LogP contribution in [-0.2, 0) is 0 Å². The Morgan fingerprint density at radius 1 is 0.283 bits per heavy atom. The van der Waals surface area contributed by atoms with E-state index < -0.39 is 0 Å². The Morgan fingerprint density at radius 3 is 0.485 bits per heavy atom. The number of hydrogen-bond donors (Lipinski definition) is 0. The highest BCUT2D eigenvalue weighted by atomic mass is 15.2. The van der Waals surface area contributed by atoms with Gasteiger partial charge in [0.2, 0.25) is 0 Å². The van der Waals surface area contributed by atoms with Crippen molar-refractivity contribution in [3.8, 4) is 24.3 Å². The largest absolute Gasteiger partial charge is 0.297 e. The number of hydrogen-bond acceptors (Lipinski definition) is 6. The summed E-state index contributed by atoms with van der Waals surface area (Å²) >= 11 is 0. The zero-order valence-corrected chi connectivity index (χ0v) is 71.4. The summed E-state index contributed by atoms with van der Waals surface area (Å²) in [5, 5.41) is 29.3. The van der Waals surface area contributed by atoms with Crippen molar-refractivity contribution in [1.29, 1.82) is 21.0 Å². The molecule has 0 amide bonds. The van der Waals surface area contributed by atoms with Gasteiger partial charge in [-0.15, -0.1) is 0 Å². The van der Waals surface area contributed by atoms with Gasteiger partial charge >= 0.3 is 0 Å². The molecule has 1 aromatic carbocycles. The first-order valence-electron chi connectivity index (χ1n) is 38.0. The Kier molecular flexibility index (Phi) is 282. The number of likely N-dealkylation sites (tertiary alicyclic amines) is 2. The van der Waals surface area contributed by atoms with Crippen molar-refractivity contribution in [3.63, 3.8) is 0 Å². The van der Waals surface area contributed by atoms with Crippen molar-refractivity contribution in [2.75, 3.05) is 13.1 Å². The summed E-state index contributed by atoms with van der Waals surface area (Å²) in [4.78, 5) is 5.39. The molecule has 99 heavy (non-hydrogen) atoms. The summed E-state index contributed by atoms with van der Waals surface area (Å²) in [7, 11) is 0. The van der Waals surface area contributed by atoms with Crippen LogP contribution in [0, 0.1) is 123 Å². The first kappa shape index (κ1) is 177. The fourth-order valence-corrected chi connectivity index (χ4v) is 9.98. The second-order valence-corrected chi connectivity index (χ2v) is 21.6. The molecule has 0 aromatic heterocycles. The molecule has 4 aliphatic rings. The average molecular weight is 1420 g/mol. The molecule has 6 heteroatoms. The van der Waals surface area contributed by atoms with Crippen LogP contribution in [0.3, 0.4) is 0 Å². The summed E-state index contributed by atoms with van der Waals surface area (Å²) in [6.07, 6.45) is 10.8. The molecule has 2 aliphatic carbocycles. The van der Waals surface area contributed by atoms with Crippen LogP contribution in [0.15, 0.2) is 30.3 Å². The van der Waals surface area contributed by atoms with Gasteiger partial charge < -0.3 is 0 Å². The normalized spacial score (nSPS) is 22.5. The molecule has 624 valence electrons. The maximum Gasteiger partial charge on any atom is 0.0587 e. The van der Waals surface area contributed by atoms with Crippen LogP contribution in [0.4, 0.5) is 0 Å². The first-order valence-corrected chi connectivity index (χ1v) is 38.0. The van der Waals surface area contributed by atoms with Crippen molar-refractivity contribution in [1.82, 2.24) is 9.80 Å². The van der Waals surface area contributed by atoms with Gasteiger partial charge in [-0.2, -0.15) is 21.0 Å². The second kappa shape index (κ2) is 158. The van der Waals surface area contributed by atoms with Crippen LogP contribution < -0.4 is 0 Å². The zero-order chi connectivity index (χ0) is 75.4. The minimum absolute atomic E-state index is 0. The summed E-state index contributed by atoms with van der Waals surface area (Å²) in [6.45, 7) is 102. The topological polar surface area (TPSA) is 102 Å². The molecule has 0 unspecified atom stereocenters. The van der Waals surface area contributed by atoms with Crippen molar-refractivity contribution in [2.45, 2.75) is 475 Å². The average Bonchev–Trinajstić information content (AvgIpc) is 1.81. The Balaban J connectivity index is -0.0000000245. The van der Waals surface area contributed by atoms with E-state index in [9.17, 15) is 0 Å². The van der Waals surface area contributed by atoms with E-state index in [0.717, 1.165) is 95.2 Å². The molecule has 0 spiro atoms. The lowest BCUT2D eigenvalue weighted by Crippen LogP contribution is -2.51. The van der Waals surface area contributed by atoms with Crippen molar-refractivity contribution >= 4 is 0 Å². The summed E-state index contributed by atoms with van der Waals surface area (Å²) in [5.74, 6) is 11.2. The van der Waals surface area contributed by atoms with Crippen molar-refractivity contribution in [2.24, 2.45) is 71.0 Å². The number of piperidine rings is 2. The van der Waals surface area contributed by atoms with Crippen LogP contribution in [0.5, 0.6) is 0 Å². The Labute approximate surface area is 646 Å². The summed E-state index contributed by atoms with van der Waals surface area (Å²) < 4.78 is 0. The van der Waals surface area contributed by atoms with Gasteiger partial charge in [-0.05, 0) is 157 Å². The smallest absolute Gasteiger partial charge is 0.0587 e. The van der Waals surface area contributed by atoms with Gasteiger partial charge in [0.05, 0.1) is 24.3 Å². The van der Waals surface area contributed by atoms with Gasteiger partial charge in [-0.25, -0.2) is 0 Å². The number of nitrogens with zero attached hydrogens (tertiary/aromatic N) is 6. The van der Waals surface area contributed by atoms with E-state index >= 15 is 0 Å². The highest BCUT2D eigenvalue weighted by Gasteiger charge is 2.35. The van der Waals surface area contributed by atoms with E-state index in [1.807, 2.05) is 157 Å². The molecule has 0 N–H and O–H groups in total. The summed E-state index contributed by atoms with van der Waals surface area (Å²) in [5.41, 5.74) is 1.32. The van der Waals surface area contributed by atoms with Crippen LogP contribution in [0.2, 0.25) is 0 Å². The molecule has 2 heterocycles. The van der Waals surface area contributed by atoms with E-state index in [4.69, 9.17) is 21.0 Å². The first-order chi connectivity index (χ1) is 42.3. The van der Waals surface area contributed by atoms with Crippen LogP contribution in [0.1, 0.15) is 450 Å². The molecule has 2 aliphatic heterocycles. The van der Waals surface area contributed by atoms with Gasteiger partial charge in [0.1, 0.15) is 0 Å². The third-order valence-corrected chi connectivity index (χ3v) is 15.5. The SMILES string of the molecule is C.C.C.C.C.C.C.C.C.C.CC.CC.CC.CC.CC.CC.CC.CC.CC.CC.CC#N.CC#N.CC#N.CC#N.CCC.CCC.CCCN1[C@H](C)[C@H](C)C[C@H](C)[C@@H]1C.CCCN1[C@H](C)[C@H](C)C[C@H](C)[C@@H]1C.C[C@@H]1[C@H](C)[C@H](C)C[C@@H]1C.C[C@@H]1[C@H](C)[C@H](C)C[C@@H]1C.Cc1ccccc1. The maximum atomic E-state index is 7.32. The van der Waals surface area contributed by atoms with Crippen LogP contribution in [0.25, 0.3) is 0 Å². The van der Waals surface area contributed by atoms with Gasteiger partial charge in [0.15, 0.2) is 0 Å². The highest BCUT2D eigenvalue weighted by Crippen LogP contribution is 2.41. The minimum Gasteiger partial charge on any atom is -0.297 e. The third-order valence-electron chi connectivity index (χ3n) is 15.5. The standard InChI is InChI=1S/2C12H25N.2C9H18.C7H8.2C3H8.4C2H3N.10C2H6.10CH4/c2*1-6-7-13-11(4)9(2)8-10(3)12(13)5;2*1-6-5-7(2)9(4)8(6)3;1-7-5-3-2-4-6-7;2*1-3-2;4*1-2-3;10*1-2;;;;;;;;;;/h2*9-12H,6-8H2,1-5H3;2*6-9H,5H2,1-4H3;2-6H,1H3;2*3H2,1-2H3;4*1H3;10*1-2H3;10*1H4/t2*9-,10+,11-,12+;2*6-,7+,8-,9+;;;;;;;;;;;;;;;;;;;;;;;;;;;. The van der Waals surface area contributed by atoms with E-state index in [0.29, 0.717) is 0 Å². The van der Waals surface area contributed by atoms with Gasteiger partial charge in [-0.1, -0.05) is 386 Å². The second-order valence-electron chi connectivity index (χ2n) is 21.6. The molecular weight excluding hydrogens is 1200 g/mol. The molecule has 2 saturated carbocycles. The molecular formula is C93H222N6. The van der Waals surface area contributed by atoms with Crippen LogP contribution >= 0.6 is 0 Å². The minimum atomic E-state index is 0. The van der Waals surface area contributed by atoms with E-state index in [-0.39, 0.29) is 74.3 Å². The molecule has 2 saturated heterocycles. The molecule has 6 nitrogen and oxygen atoms in total. The van der Waals surface area contributed by atoms with E-state index in [2.05, 4.69) is 181 Å². The predicted octanol–water partition coefficient (Wildman–Crippen LogP) is 35.7. The van der Waals surface area contributed by atoms with Gasteiger partial charge in [0.25, 0.3) is 0 Å². The molecule has 16 atom stereocenters. The lowest BCUT2D eigenvalue weighted by Gasteiger charge is -2.46. The molecule has 0 bridgehead atoms. The van der Waals surface area contributed by atoms with E-state index in [1.54, 1.807) is 24.3 Å². The number of nitriles is 4. The summed E-state index contributed by atoms with van der Waals surface area (Å²) in [6, 6.07) is 20.4. The number of rotatable bonds is 4. The fraction of sp³-hybridized carbons (Fsp3) is 0.892. The third kappa shape index (κ3) is 119. The molecule has 0 radical (unpaired) electrons. The quantitative estimate of drug-likeness (QED) is 0.298. The Bertz CT molecular complexity index is 1240. The Morgan fingerprint density at radius 2 is 0.404 bits per heavy atom.